The van der Waals surface area contributed by atoms with Crippen LogP contribution < -0.4 is 4.90 Å². The summed E-state index contributed by atoms with van der Waals surface area (Å²) in [5.74, 6) is 0.813. The topological polar surface area (TPSA) is 56.8 Å². The van der Waals surface area contributed by atoms with E-state index in [0.29, 0.717) is 12.2 Å². The van der Waals surface area contributed by atoms with E-state index in [1.807, 2.05) is 12.1 Å². The Kier molecular flexibility index (Phi) is 5.00. The molecule has 6 heteroatoms. The van der Waals surface area contributed by atoms with Crippen LogP contribution in [0.15, 0.2) is 18.2 Å². The standard InChI is InChI=1S/C16H24N4O2/c1-18(2)15(21)12-7-6-10-20(11-12)14-9-5-8-13(17-14)16(22)19(3)4/h5,8-9,12H,6-7,10-11H2,1-4H3. The third-order valence-electron chi connectivity index (χ3n) is 3.90. The van der Waals surface area contributed by atoms with Gasteiger partial charge in [-0.1, -0.05) is 6.07 Å². The molecule has 0 radical (unpaired) electrons. The molecule has 1 aliphatic heterocycles. The molecule has 0 aromatic carbocycles. The highest BCUT2D eigenvalue weighted by molar-refractivity contribution is 5.92. The summed E-state index contributed by atoms with van der Waals surface area (Å²) in [6.45, 7) is 1.52. The molecule has 1 aliphatic rings. The summed E-state index contributed by atoms with van der Waals surface area (Å²) < 4.78 is 0. The zero-order valence-electron chi connectivity index (χ0n) is 13.7. The van der Waals surface area contributed by atoms with Crippen molar-refractivity contribution in [1.82, 2.24) is 14.8 Å². The van der Waals surface area contributed by atoms with Crippen LogP contribution in [0.2, 0.25) is 0 Å². The van der Waals surface area contributed by atoms with Crippen molar-refractivity contribution in [1.29, 1.82) is 0 Å². The van der Waals surface area contributed by atoms with E-state index in [0.717, 1.165) is 25.2 Å². The van der Waals surface area contributed by atoms with Crippen LogP contribution in [0.25, 0.3) is 0 Å². The molecule has 1 fully saturated rings. The van der Waals surface area contributed by atoms with Gasteiger partial charge in [0.1, 0.15) is 11.5 Å². The van der Waals surface area contributed by atoms with Gasteiger partial charge in [0.2, 0.25) is 5.91 Å². The average Bonchev–Trinajstić information content (AvgIpc) is 2.53. The van der Waals surface area contributed by atoms with Crippen LogP contribution >= 0.6 is 0 Å². The summed E-state index contributed by atoms with van der Waals surface area (Å²) in [7, 11) is 7.00. The van der Waals surface area contributed by atoms with Crippen molar-refractivity contribution in [3.8, 4) is 0 Å². The van der Waals surface area contributed by atoms with Crippen molar-refractivity contribution < 1.29 is 9.59 Å². The van der Waals surface area contributed by atoms with E-state index < -0.39 is 0 Å². The number of carbonyl (C=O) groups is 2. The first-order valence-electron chi connectivity index (χ1n) is 7.55. The van der Waals surface area contributed by atoms with Gasteiger partial charge in [0.25, 0.3) is 5.91 Å². The molecule has 2 amide bonds. The fraction of sp³-hybridized carbons (Fsp3) is 0.562. The molecule has 2 heterocycles. The van der Waals surface area contributed by atoms with E-state index in [4.69, 9.17) is 0 Å². The van der Waals surface area contributed by atoms with Crippen LogP contribution in [0.5, 0.6) is 0 Å². The molecule has 1 saturated heterocycles. The lowest BCUT2D eigenvalue weighted by atomic mass is 9.97. The number of piperidine rings is 1. The number of carbonyl (C=O) groups excluding carboxylic acids is 2. The third kappa shape index (κ3) is 3.55. The molecule has 6 nitrogen and oxygen atoms in total. The Balaban J connectivity index is 2.16. The molecule has 0 aliphatic carbocycles. The SMILES string of the molecule is CN(C)C(=O)c1cccc(N2CCCC(C(=O)N(C)C)C2)n1. The van der Waals surface area contributed by atoms with E-state index in [9.17, 15) is 9.59 Å². The summed E-state index contributed by atoms with van der Waals surface area (Å²) in [6, 6.07) is 5.46. The second-order valence-electron chi connectivity index (χ2n) is 6.10. The molecular weight excluding hydrogens is 280 g/mol. The Morgan fingerprint density at radius 2 is 1.91 bits per heavy atom. The minimum Gasteiger partial charge on any atom is -0.356 e. The Labute approximate surface area is 131 Å². The van der Waals surface area contributed by atoms with Crippen molar-refractivity contribution in [2.45, 2.75) is 12.8 Å². The number of anilines is 1. The normalized spacial score (nSPS) is 18.0. The van der Waals surface area contributed by atoms with E-state index >= 15 is 0 Å². The van der Waals surface area contributed by atoms with Crippen LogP contribution in [0.3, 0.4) is 0 Å². The molecule has 2 rings (SSSR count). The molecule has 0 bridgehead atoms. The molecule has 1 unspecified atom stereocenters. The number of nitrogens with zero attached hydrogens (tertiary/aromatic N) is 4. The van der Waals surface area contributed by atoms with Gasteiger partial charge in [0.05, 0.1) is 5.92 Å². The van der Waals surface area contributed by atoms with E-state index in [2.05, 4.69) is 9.88 Å². The van der Waals surface area contributed by atoms with Gasteiger partial charge in [0.15, 0.2) is 0 Å². The number of aromatic nitrogens is 1. The first-order valence-corrected chi connectivity index (χ1v) is 7.55. The minimum atomic E-state index is -0.111. The van der Waals surface area contributed by atoms with Crippen molar-refractivity contribution in [3.63, 3.8) is 0 Å². The molecule has 1 aromatic heterocycles. The average molecular weight is 304 g/mol. The highest BCUT2D eigenvalue weighted by atomic mass is 16.2. The Morgan fingerprint density at radius 1 is 1.18 bits per heavy atom. The molecule has 0 saturated carbocycles. The van der Waals surface area contributed by atoms with Crippen LogP contribution in [-0.2, 0) is 4.79 Å². The van der Waals surface area contributed by atoms with Gasteiger partial charge in [0, 0.05) is 41.3 Å². The van der Waals surface area contributed by atoms with Crippen molar-refractivity contribution in [3.05, 3.63) is 23.9 Å². The highest BCUT2D eigenvalue weighted by Gasteiger charge is 2.27. The summed E-state index contributed by atoms with van der Waals surface area (Å²) >= 11 is 0. The number of hydrogen-bond donors (Lipinski definition) is 0. The van der Waals surface area contributed by atoms with Crippen LogP contribution in [-0.4, -0.2) is 67.9 Å². The quantitative estimate of drug-likeness (QED) is 0.839. The molecule has 0 spiro atoms. The molecular formula is C16H24N4O2. The summed E-state index contributed by atoms with van der Waals surface area (Å²) in [4.78, 5) is 33.9. The summed E-state index contributed by atoms with van der Waals surface area (Å²) in [5.41, 5.74) is 0.434. The lowest BCUT2D eigenvalue weighted by Gasteiger charge is -2.34. The highest BCUT2D eigenvalue weighted by Crippen LogP contribution is 2.23. The van der Waals surface area contributed by atoms with E-state index in [-0.39, 0.29) is 17.7 Å². The predicted octanol–water partition coefficient (Wildman–Crippen LogP) is 1.09. The number of rotatable bonds is 3. The van der Waals surface area contributed by atoms with Crippen LogP contribution in [0.1, 0.15) is 23.3 Å². The number of amides is 2. The lowest BCUT2D eigenvalue weighted by molar-refractivity contribution is -0.133. The molecule has 1 aromatic rings. The lowest BCUT2D eigenvalue weighted by Crippen LogP contribution is -2.43. The van der Waals surface area contributed by atoms with Gasteiger partial charge in [-0.3, -0.25) is 9.59 Å². The number of pyridine rings is 1. The monoisotopic (exact) mass is 304 g/mol. The molecule has 120 valence electrons. The Morgan fingerprint density at radius 3 is 2.55 bits per heavy atom. The first kappa shape index (κ1) is 16.3. The van der Waals surface area contributed by atoms with Crippen LogP contribution in [0.4, 0.5) is 5.82 Å². The van der Waals surface area contributed by atoms with Gasteiger partial charge in [-0.2, -0.15) is 0 Å². The Bertz CT molecular complexity index is 557. The van der Waals surface area contributed by atoms with Crippen molar-refractivity contribution in [2.24, 2.45) is 5.92 Å². The largest absolute Gasteiger partial charge is 0.356 e. The zero-order valence-corrected chi connectivity index (χ0v) is 13.7. The maximum absolute atomic E-state index is 12.2. The third-order valence-corrected chi connectivity index (χ3v) is 3.90. The predicted molar refractivity (Wildman–Crippen MR) is 85.9 cm³/mol. The van der Waals surface area contributed by atoms with Gasteiger partial charge < -0.3 is 14.7 Å². The van der Waals surface area contributed by atoms with Crippen molar-refractivity contribution in [2.75, 3.05) is 46.2 Å². The van der Waals surface area contributed by atoms with E-state index in [1.54, 1.807) is 39.2 Å². The minimum absolute atomic E-state index is 0.00115. The summed E-state index contributed by atoms with van der Waals surface area (Å²) in [6.07, 6.45) is 1.86. The second-order valence-corrected chi connectivity index (χ2v) is 6.10. The van der Waals surface area contributed by atoms with Crippen LogP contribution in [0, 0.1) is 5.92 Å². The fourth-order valence-electron chi connectivity index (χ4n) is 2.70. The maximum atomic E-state index is 12.2. The van der Waals surface area contributed by atoms with Crippen molar-refractivity contribution >= 4 is 17.6 Å². The fourth-order valence-corrected chi connectivity index (χ4v) is 2.70. The maximum Gasteiger partial charge on any atom is 0.272 e. The van der Waals surface area contributed by atoms with Gasteiger partial charge in [-0.05, 0) is 25.0 Å². The first-order chi connectivity index (χ1) is 10.4. The van der Waals surface area contributed by atoms with Gasteiger partial charge >= 0.3 is 0 Å². The smallest absolute Gasteiger partial charge is 0.272 e. The van der Waals surface area contributed by atoms with Gasteiger partial charge in [-0.15, -0.1) is 0 Å². The molecule has 0 N–H and O–H groups in total. The summed E-state index contributed by atoms with van der Waals surface area (Å²) in [5, 5.41) is 0. The molecule has 1 atom stereocenters. The Hall–Kier alpha value is -2.11. The zero-order chi connectivity index (χ0) is 16.3. The molecule has 22 heavy (non-hydrogen) atoms. The second kappa shape index (κ2) is 6.77. The number of hydrogen-bond acceptors (Lipinski definition) is 4. The van der Waals surface area contributed by atoms with E-state index in [1.165, 1.54) is 4.90 Å². The van der Waals surface area contributed by atoms with Gasteiger partial charge in [-0.25, -0.2) is 4.98 Å².